The molecule has 0 saturated carbocycles. The van der Waals surface area contributed by atoms with Crippen molar-refractivity contribution in [2.24, 2.45) is 0 Å². The average molecular weight is 552 g/mol. The van der Waals surface area contributed by atoms with Crippen molar-refractivity contribution in [1.82, 2.24) is 4.90 Å². The molecule has 0 aromatic heterocycles. The molecule has 0 radical (unpaired) electrons. The number of carbonyl (C=O) groups is 2. The zero-order chi connectivity index (χ0) is 28.8. The molecule has 1 amide bonds. The van der Waals surface area contributed by atoms with Gasteiger partial charge in [-0.3, -0.25) is 4.90 Å². The van der Waals surface area contributed by atoms with Crippen LogP contribution in [0.1, 0.15) is 49.5 Å². The van der Waals surface area contributed by atoms with Gasteiger partial charge in [-0.25, -0.2) is 9.59 Å². The van der Waals surface area contributed by atoms with Gasteiger partial charge in [0.25, 0.3) is 0 Å². The van der Waals surface area contributed by atoms with Gasteiger partial charge in [0.1, 0.15) is 36.1 Å². The number of hydrogen-bond donors (Lipinski definition) is 0. The lowest BCUT2D eigenvalue weighted by Crippen LogP contribution is -2.49. The number of benzene rings is 4. The third-order valence-corrected chi connectivity index (χ3v) is 6.49. The normalized spacial score (nSPS) is 17.0. The lowest BCUT2D eigenvalue weighted by Gasteiger charge is -2.41. The minimum absolute atomic E-state index is 0.0352. The summed E-state index contributed by atoms with van der Waals surface area (Å²) >= 11 is 0. The SMILES string of the molecule is CC(C)(C)OC(=O)N1[C@@H](c2ccccc2)COC(=O)[C@@H]1c1cccc(Oc2ccc(OCc3ccccc3)cc2)c1. The molecule has 0 N–H and O–H groups in total. The van der Waals surface area contributed by atoms with Crippen molar-refractivity contribution in [2.75, 3.05) is 6.61 Å². The Morgan fingerprint density at radius 3 is 2.12 bits per heavy atom. The van der Waals surface area contributed by atoms with Crippen LogP contribution in [0.5, 0.6) is 17.2 Å². The van der Waals surface area contributed by atoms with Gasteiger partial charge < -0.3 is 18.9 Å². The van der Waals surface area contributed by atoms with Gasteiger partial charge in [-0.1, -0.05) is 72.8 Å². The molecule has 0 bridgehead atoms. The van der Waals surface area contributed by atoms with E-state index in [-0.39, 0.29) is 6.61 Å². The topological polar surface area (TPSA) is 74.3 Å². The fraction of sp³-hybridized carbons (Fsp3) is 0.235. The fourth-order valence-corrected chi connectivity index (χ4v) is 4.62. The summed E-state index contributed by atoms with van der Waals surface area (Å²) in [4.78, 5) is 28.2. The molecule has 1 aliphatic heterocycles. The molecule has 7 heteroatoms. The molecular weight excluding hydrogens is 518 g/mol. The standard InChI is InChI=1S/C34H33NO6/c1-34(2,3)41-33(37)35-30(25-13-8-5-9-14-25)23-39-32(36)31(35)26-15-10-16-29(21-26)40-28-19-17-27(18-20-28)38-22-24-11-6-4-7-12-24/h4-21,30-31H,22-23H2,1-3H3/t30-,31+/m1/s1. The van der Waals surface area contributed by atoms with Crippen LogP contribution < -0.4 is 9.47 Å². The minimum Gasteiger partial charge on any atom is -0.489 e. The maximum atomic E-state index is 13.5. The Labute approximate surface area is 240 Å². The summed E-state index contributed by atoms with van der Waals surface area (Å²) in [5.74, 6) is 1.31. The van der Waals surface area contributed by atoms with Crippen LogP contribution in [0.15, 0.2) is 109 Å². The third kappa shape index (κ3) is 7.06. The van der Waals surface area contributed by atoms with E-state index < -0.39 is 29.7 Å². The van der Waals surface area contributed by atoms with E-state index in [2.05, 4.69) is 0 Å². The summed E-state index contributed by atoms with van der Waals surface area (Å²) in [5, 5.41) is 0. The molecule has 2 atom stereocenters. The Bertz CT molecular complexity index is 1460. The highest BCUT2D eigenvalue weighted by Crippen LogP contribution is 2.38. The van der Waals surface area contributed by atoms with E-state index in [1.807, 2.05) is 84.9 Å². The Kier molecular flexibility index (Phi) is 8.24. The van der Waals surface area contributed by atoms with Gasteiger partial charge in [0.2, 0.25) is 0 Å². The van der Waals surface area contributed by atoms with Gasteiger partial charge >= 0.3 is 12.1 Å². The number of ether oxygens (including phenoxy) is 4. The van der Waals surface area contributed by atoms with E-state index in [9.17, 15) is 9.59 Å². The van der Waals surface area contributed by atoms with Crippen LogP contribution in [0.25, 0.3) is 0 Å². The highest BCUT2D eigenvalue weighted by atomic mass is 16.6. The second-order valence-corrected chi connectivity index (χ2v) is 10.8. The minimum atomic E-state index is -1.01. The molecule has 0 unspecified atom stereocenters. The second kappa shape index (κ2) is 12.2. The van der Waals surface area contributed by atoms with E-state index in [1.165, 1.54) is 4.90 Å². The third-order valence-electron chi connectivity index (χ3n) is 6.49. The van der Waals surface area contributed by atoms with E-state index in [0.717, 1.165) is 16.9 Å². The van der Waals surface area contributed by atoms with Crippen molar-refractivity contribution in [1.29, 1.82) is 0 Å². The van der Waals surface area contributed by atoms with Gasteiger partial charge in [0, 0.05) is 0 Å². The Balaban J connectivity index is 1.37. The first kappa shape index (κ1) is 27.8. The smallest absolute Gasteiger partial charge is 0.411 e. The lowest BCUT2D eigenvalue weighted by atomic mass is 9.98. The van der Waals surface area contributed by atoms with Crippen LogP contribution in [0.4, 0.5) is 4.79 Å². The number of morpholine rings is 1. The second-order valence-electron chi connectivity index (χ2n) is 10.8. The molecule has 1 heterocycles. The Hall–Kier alpha value is -4.78. The number of esters is 1. The van der Waals surface area contributed by atoms with E-state index in [1.54, 1.807) is 45.0 Å². The first-order valence-electron chi connectivity index (χ1n) is 13.5. The van der Waals surface area contributed by atoms with Crippen molar-refractivity contribution >= 4 is 12.1 Å². The van der Waals surface area contributed by atoms with Gasteiger partial charge in [-0.05, 0) is 73.9 Å². The van der Waals surface area contributed by atoms with E-state index in [4.69, 9.17) is 18.9 Å². The number of nitrogens with zero attached hydrogens (tertiary/aromatic N) is 1. The molecule has 1 saturated heterocycles. The summed E-state index contributed by atoms with van der Waals surface area (Å²) in [5.41, 5.74) is 1.74. The summed E-state index contributed by atoms with van der Waals surface area (Å²) in [6.45, 7) is 5.90. The number of amides is 1. The molecule has 0 spiro atoms. The maximum Gasteiger partial charge on any atom is 0.411 e. The summed E-state index contributed by atoms with van der Waals surface area (Å²) in [6.07, 6.45) is -0.592. The van der Waals surface area contributed by atoms with Crippen molar-refractivity contribution in [3.05, 3.63) is 126 Å². The molecule has 5 rings (SSSR count). The number of hydrogen-bond acceptors (Lipinski definition) is 6. The van der Waals surface area contributed by atoms with Crippen LogP contribution in [0, 0.1) is 0 Å². The molecule has 0 aliphatic carbocycles. The average Bonchev–Trinajstić information content (AvgIpc) is 2.97. The van der Waals surface area contributed by atoms with E-state index >= 15 is 0 Å². The molecule has 7 nitrogen and oxygen atoms in total. The first-order valence-corrected chi connectivity index (χ1v) is 13.5. The number of rotatable bonds is 7. The fourth-order valence-electron chi connectivity index (χ4n) is 4.62. The summed E-state index contributed by atoms with van der Waals surface area (Å²) in [7, 11) is 0. The molecular formula is C34H33NO6. The van der Waals surface area contributed by atoms with Gasteiger partial charge in [-0.15, -0.1) is 0 Å². The first-order chi connectivity index (χ1) is 19.8. The van der Waals surface area contributed by atoms with Gasteiger partial charge in [0.15, 0.2) is 6.04 Å². The lowest BCUT2D eigenvalue weighted by molar-refractivity contribution is -0.162. The van der Waals surface area contributed by atoms with Crippen molar-refractivity contribution < 1.29 is 28.5 Å². The maximum absolute atomic E-state index is 13.5. The molecule has 210 valence electrons. The monoisotopic (exact) mass is 551 g/mol. The van der Waals surface area contributed by atoms with Crippen molar-refractivity contribution in [2.45, 2.75) is 45.1 Å². The predicted octanol–water partition coefficient (Wildman–Crippen LogP) is 7.63. The summed E-state index contributed by atoms with van der Waals surface area (Å²) in [6, 6.07) is 32.4. The molecule has 1 fully saturated rings. The van der Waals surface area contributed by atoms with Crippen molar-refractivity contribution in [3.63, 3.8) is 0 Å². The molecule has 4 aromatic rings. The highest BCUT2D eigenvalue weighted by Gasteiger charge is 2.44. The van der Waals surface area contributed by atoms with Crippen LogP contribution >= 0.6 is 0 Å². The van der Waals surface area contributed by atoms with Gasteiger partial charge in [-0.2, -0.15) is 0 Å². The Morgan fingerprint density at radius 2 is 1.44 bits per heavy atom. The van der Waals surface area contributed by atoms with Crippen molar-refractivity contribution in [3.8, 4) is 17.2 Å². The number of carbonyl (C=O) groups excluding carboxylic acids is 2. The van der Waals surface area contributed by atoms with Crippen LogP contribution in [-0.4, -0.2) is 29.2 Å². The van der Waals surface area contributed by atoms with Crippen LogP contribution in [0.3, 0.4) is 0 Å². The summed E-state index contributed by atoms with van der Waals surface area (Å²) < 4.78 is 23.3. The zero-order valence-electron chi connectivity index (χ0n) is 23.4. The molecule has 4 aromatic carbocycles. The molecule has 41 heavy (non-hydrogen) atoms. The zero-order valence-corrected chi connectivity index (χ0v) is 23.4. The van der Waals surface area contributed by atoms with Crippen LogP contribution in [0.2, 0.25) is 0 Å². The Morgan fingerprint density at radius 1 is 0.805 bits per heavy atom. The molecule has 1 aliphatic rings. The van der Waals surface area contributed by atoms with E-state index in [0.29, 0.717) is 23.7 Å². The van der Waals surface area contributed by atoms with Gasteiger partial charge in [0.05, 0.1) is 6.04 Å². The highest BCUT2D eigenvalue weighted by molar-refractivity contribution is 5.84. The predicted molar refractivity (Wildman–Crippen MR) is 155 cm³/mol. The largest absolute Gasteiger partial charge is 0.489 e. The van der Waals surface area contributed by atoms with Crippen LogP contribution in [-0.2, 0) is 20.9 Å². The number of cyclic esters (lactones) is 1. The quantitative estimate of drug-likeness (QED) is 0.220.